The third kappa shape index (κ3) is 6.89. The summed E-state index contributed by atoms with van der Waals surface area (Å²) in [5.41, 5.74) is 1.04. The summed E-state index contributed by atoms with van der Waals surface area (Å²) in [5.74, 6) is 0.417. The molecule has 0 radical (unpaired) electrons. The van der Waals surface area contributed by atoms with Crippen molar-refractivity contribution in [3.63, 3.8) is 0 Å². The van der Waals surface area contributed by atoms with Gasteiger partial charge in [-0.1, -0.05) is 30.3 Å². The van der Waals surface area contributed by atoms with Gasteiger partial charge in [0.15, 0.2) is 5.76 Å². The molecule has 2 aromatic rings. The number of aliphatic hydroxyl groups excluding tert-OH is 1. The molecule has 0 bridgehead atoms. The maximum atomic E-state index is 13.1. The van der Waals surface area contributed by atoms with Crippen LogP contribution < -0.4 is 10.1 Å². The Morgan fingerprint density at radius 1 is 1.11 bits per heavy atom. The highest BCUT2D eigenvalue weighted by Gasteiger charge is 2.31. The monoisotopic (exact) mass is 530 g/mol. The van der Waals surface area contributed by atoms with Crippen LogP contribution in [0.3, 0.4) is 0 Å². The van der Waals surface area contributed by atoms with Crippen molar-refractivity contribution in [2.24, 2.45) is 0 Å². The SMILES string of the molecule is COc1ccc(S(=O)(=O)N(CCO)CCO[C@@H]2C[C@H](c3ccccc3)C=C(C(=O)NC3CCC3)O2)cc1. The summed E-state index contributed by atoms with van der Waals surface area (Å²) < 4.78 is 44.4. The van der Waals surface area contributed by atoms with Gasteiger partial charge >= 0.3 is 0 Å². The van der Waals surface area contributed by atoms with Crippen LogP contribution in [0.15, 0.2) is 71.3 Å². The molecule has 200 valence electrons. The Kier molecular flexibility index (Phi) is 9.20. The zero-order valence-electron chi connectivity index (χ0n) is 20.9. The average Bonchev–Trinajstić information content (AvgIpc) is 2.90. The second-order valence-corrected chi connectivity index (χ2v) is 11.0. The summed E-state index contributed by atoms with van der Waals surface area (Å²) in [4.78, 5) is 12.9. The molecule has 2 aliphatic rings. The van der Waals surface area contributed by atoms with Crippen molar-refractivity contribution in [3.8, 4) is 5.75 Å². The predicted molar refractivity (Wildman–Crippen MR) is 137 cm³/mol. The molecule has 4 rings (SSSR count). The second-order valence-electron chi connectivity index (χ2n) is 9.11. The highest BCUT2D eigenvalue weighted by molar-refractivity contribution is 7.89. The molecule has 10 heteroatoms. The fourth-order valence-electron chi connectivity index (χ4n) is 4.31. The number of allylic oxidation sites excluding steroid dienone is 1. The van der Waals surface area contributed by atoms with Crippen LogP contribution in [0.1, 0.15) is 37.2 Å². The van der Waals surface area contributed by atoms with Crippen molar-refractivity contribution in [2.75, 3.05) is 33.4 Å². The smallest absolute Gasteiger partial charge is 0.286 e. The van der Waals surface area contributed by atoms with Crippen LogP contribution in [0.4, 0.5) is 0 Å². The summed E-state index contributed by atoms with van der Waals surface area (Å²) in [5, 5.41) is 12.5. The fourth-order valence-corrected chi connectivity index (χ4v) is 5.72. The van der Waals surface area contributed by atoms with Gasteiger partial charge in [-0.3, -0.25) is 4.79 Å². The Labute approximate surface area is 218 Å². The van der Waals surface area contributed by atoms with Crippen LogP contribution in [0, 0.1) is 0 Å². The number of hydrogen-bond donors (Lipinski definition) is 2. The molecule has 0 spiro atoms. The van der Waals surface area contributed by atoms with E-state index in [1.54, 1.807) is 12.1 Å². The van der Waals surface area contributed by atoms with Gasteiger partial charge in [-0.25, -0.2) is 8.42 Å². The molecule has 2 N–H and O–H groups in total. The number of carbonyl (C=O) groups is 1. The Balaban J connectivity index is 1.42. The van der Waals surface area contributed by atoms with E-state index in [9.17, 15) is 18.3 Å². The lowest BCUT2D eigenvalue weighted by Crippen LogP contribution is -2.42. The molecule has 9 nitrogen and oxygen atoms in total. The van der Waals surface area contributed by atoms with E-state index in [2.05, 4.69) is 5.32 Å². The van der Waals surface area contributed by atoms with E-state index in [1.807, 2.05) is 36.4 Å². The minimum absolute atomic E-state index is 0.0120. The Morgan fingerprint density at radius 2 is 1.84 bits per heavy atom. The molecule has 1 heterocycles. The molecule has 0 unspecified atom stereocenters. The van der Waals surface area contributed by atoms with E-state index < -0.39 is 16.3 Å². The maximum absolute atomic E-state index is 13.1. The van der Waals surface area contributed by atoms with Gasteiger partial charge in [0.25, 0.3) is 5.91 Å². The van der Waals surface area contributed by atoms with E-state index in [4.69, 9.17) is 14.2 Å². The van der Waals surface area contributed by atoms with E-state index in [1.165, 1.54) is 23.5 Å². The van der Waals surface area contributed by atoms with Crippen LogP contribution >= 0.6 is 0 Å². The first-order valence-corrected chi connectivity index (χ1v) is 14.0. The zero-order valence-corrected chi connectivity index (χ0v) is 21.7. The Bertz CT molecular complexity index is 1170. The first-order valence-electron chi connectivity index (χ1n) is 12.5. The average molecular weight is 531 g/mol. The highest BCUT2D eigenvalue weighted by atomic mass is 32.2. The second kappa shape index (κ2) is 12.6. The van der Waals surface area contributed by atoms with Crippen LogP contribution in [-0.2, 0) is 24.3 Å². The Morgan fingerprint density at radius 3 is 2.46 bits per heavy atom. The van der Waals surface area contributed by atoms with Gasteiger partial charge in [-0.05, 0) is 55.2 Å². The molecule has 1 saturated carbocycles. The molecule has 1 fully saturated rings. The first-order chi connectivity index (χ1) is 17.9. The lowest BCUT2D eigenvalue weighted by molar-refractivity contribution is -0.147. The summed E-state index contributed by atoms with van der Waals surface area (Å²) in [6, 6.07) is 16.1. The molecular weight excluding hydrogens is 496 g/mol. The van der Waals surface area contributed by atoms with Gasteiger partial charge in [-0.2, -0.15) is 4.31 Å². The van der Waals surface area contributed by atoms with E-state index in [0.29, 0.717) is 12.2 Å². The molecular formula is C27H34N2O7S. The van der Waals surface area contributed by atoms with Gasteiger partial charge in [-0.15, -0.1) is 0 Å². The fraction of sp³-hybridized carbons (Fsp3) is 0.444. The topological polar surface area (TPSA) is 114 Å². The van der Waals surface area contributed by atoms with Gasteiger partial charge in [0.1, 0.15) is 5.75 Å². The lowest BCUT2D eigenvalue weighted by Gasteiger charge is -2.32. The molecule has 37 heavy (non-hydrogen) atoms. The maximum Gasteiger partial charge on any atom is 0.286 e. The zero-order chi connectivity index (χ0) is 26.3. The molecule has 2 aromatic carbocycles. The van der Waals surface area contributed by atoms with Gasteiger partial charge in [0.2, 0.25) is 16.3 Å². The lowest BCUT2D eigenvalue weighted by atomic mass is 9.91. The van der Waals surface area contributed by atoms with Crippen molar-refractivity contribution < 1.29 is 32.5 Å². The summed E-state index contributed by atoms with van der Waals surface area (Å²) in [6.45, 7) is -0.373. The van der Waals surface area contributed by atoms with Crippen LogP contribution in [0.5, 0.6) is 5.75 Å². The number of rotatable bonds is 12. The molecule has 1 aliphatic carbocycles. The summed E-state index contributed by atoms with van der Waals surface area (Å²) in [7, 11) is -2.35. The van der Waals surface area contributed by atoms with E-state index in [-0.39, 0.29) is 54.8 Å². The molecule has 0 aromatic heterocycles. The number of hydrogen-bond acceptors (Lipinski definition) is 7. The highest BCUT2D eigenvalue weighted by Crippen LogP contribution is 2.32. The molecule has 0 saturated heterocycles. The minimum atomic E-state index is -3.86. The summed E-state index contributed by atoms with van der Waals surface area (Å²) >= 11 is 0. The molecule has 1 aliphatic heterocycles. The summed E-state index contributed by atoms with van der Waals surface area (Å²) in [6.07, 6.45) is 4.61. The van der Waals surface area contributed by atoms with Crippen molar-refractivity contribution in [1.82, 2.24) is 9.62 Å². The number of nitrogens with one attached hydrogen (secondary N) is 1. The van der Waals surface area contributed by atoms with Crippen molar-refractivity contribution >= 4 is 15.9 Å². The predicted octanol–water partition coefficient (Wildman–Crippen LogP) is 2.78. The number of benzene rings is 2. The Hall–Kier alpha value is -2.92. The number of aliphatic hydroxyl groups is 1. The molecule has 2 atom stereocenters. The van der Waals surface area contributed by atoms with Crippen molar-refractivity contribution in [3.05, 3.63) is 72.0 Å². The van der Waals surface area contributed by atoms with E-state index >= 15 is 0 Å². The van der Waals surface area contributed by atoms with Gasteiger partial charge in [0, 0.05) is 31.5 Å². The number of carbonyl (C=O) groups excluding carboxylic acids is 1. The van der Waals surface area contributed by atoms with Crippen molar-refractivity contribution in [1.29, 1.82) is 0 Å². The number of methoxy groups -OCH3 is 1. The minimum Gasteiger partial charge on any atom is -0.497 e. The van der Waals surface area contributed by atoms with Gasteiger partial charge < -0.3 is 24.6 Å². The first kappa shape index (κ1) is 27.1. The van der Waals surface area contributed by atoms with Crippen LogP contribution in [-0.4, -0.2) is 69.5 Å². The third-order valence-corrected chi connectivity index (χ3v) is 8.55. The van der Waals surface area contributed by atoms with Crippen LogP contribution in [0.2, 0.25) is 0 Å². The number of sulfonamides is 1. The number of amides is 1. The van der Waals surface area contributed by atoms with E-state index in [0.717, 1.165) is 24.8 Å². The van der Waals surface area contributed by atoms with Gasteiger partial charge in [0.05, 0.1) is 25.2 Å². The van der Waals surface area contributed by atoms with Crippen molar-refractivity contribution in [2.45, 2.75) is 48.8 Å². The van der Waals surface area contributed by atoms with Crippen LogP contribution in [0.25, 0.3) is 0 Å². The quantitative estimate of drug-likeness (QED) is 0.434. The third-order valence-electron chi connectivity index (χ3n) is 6.64. The number of nitrogens with zero attached hydrogens (tertiary/aromatic N) is 1. The standard InChI is InChI=1S/C27H34N2O7S/c1-34-23-10-12-24(13-11-23)37(32,33)29(14-16-30)15-17-35-26-19-21(20-6-3-2-4-7-20)18-25(36-26)27(31)28-22-8-5-9-22/h2-4,6-7,10-13,18,21-22,26,30H,5,8-9,14-17,19H2,1H3,(H,28,31)/t21-,26+/m1/s1. The molecule has 1 amide bonds. The number of ether oxygens (including phenoxy) is 3. The largest absolute Gasteiger partial charge is 0.497 e. The normalized spacial score (nSPS) is 20.0.